The molecule has 5 nitrogen and oxygen atoms in total. The lowest BCUT2D eigenvalue weighted by atomic mass is 10.3. The van der Waals surface area contributed by atoms with Crippen molar-refractivity contribution in [3.8, 4) is 0 Å². The fourth-order valence-corrected chi connectivity index (χ4v) is 1.57. The van der Waals surface area contributed by atoms with Gasteiger partial charge in [0.2, 0.25) is 0 Å². The molecule has 0 saturated carbocycles. The van der Waals surface area contributed by atoms with E-state index in [1.807, 2.05) is 18.3 Å². The maximum Gasteiger partial charge on any atom is 0.0832 e. The first-order valence-electron chi connectivity index (χ1n) is 4.37. The van der Waals surface area contributed by atoms with Gasteiger partial charge in [0, 0.05) is 12.4 Å². The Morgan fingerprint density at radius 1 is 1.53 bits per heavy atom. The predicted molar refractivity (Wildman–Crippen MR) is 61.1 cm³/mol. The van der Waals surface area contributed by atoms with Crippen LogP contribution < -0.4 is 11.3 Å². The van der Waals surface area contributed by atoms with Crippen LogP contribution in [0.4, 0.5) is 5.69 Å². The number of aromatic nitrogens is 3. The molecule has 0 bridgehead atoms. The molecule has 0 amide bonds. The standard InChI is InChI=1S/C9H10BrN5/c10-7-4-13-15(5-7)6-9-3-8(14-11)1-2-12-9/h1-5H,6,11H2,(H,12,14). The number of hydrogen-bond donors (Lipinski definition) is 2. The quantitative estimate of drug-likeness (QED) is 0.651. The molecule has 0 saturated heterocycles. The fourth-order valence-electron chi connectivity index (χ4n) is 1.25. The minimum Gasteiger partial charge on any atom is -0.324 e. The SMILES string of the molecule is NNc1ccnc(Cn2cc(Br)cn2)c1. The molecule has 0 aliphatic rings. The van der Waals surface area contributed by atoms with Crippen LogP contribution in [0, 0.1) is 0 Å². The van der Waals surface area contributed by atoms with Crippen LogP contribution in [0.2, 0.25) is 0 Å². The molecule has 6 heteroatoms. The number of anilines is 1. The third kappa shape index (κ3) is 2.54. The summed E-state index contributed by atoms with van der Waals surface area (Å²) < 4.78 is 2.75. The summed E-state index contributed by atoms with van der Waals surface area (Å²) in [6.45, 7) is 0.626. The second-order valence-corrected chi connectivity index (χ2v) is 3.95. The summed E-state index contributed by atoms with van der Waals surface area (Å²) in [6, 6.07) is 3.69. The summed E-state index contributed by atoms with van der Waals surface area (Å²) in [5.74, 6) is 5.31. The number of nitrogens with zero attached hydrogens (tertiary/aromatic N) is 3. The Kier molecular flexibility index (Phi) is 2.98. The van der Waals surface area contributed by atoms with E-state index in [-0.39, 0.29) is 0 Å². The first-order valence-corrected chi connectivity index (χ1v) is 5.17. The lowest BCUT2D eigenvalue weighted by Gasteiger charge is -2.03. The van der Waals surface area contributed by atoms with Crippen molar-refractivity contribution in [3.05, 3.63) is 40.9 Å². The van der Waals surface area contributed by atoms with Crippen LogP contribution in [0.5, 0.6) is 0 Å². The number of nitrogen functional groups attached to an aromatic ring is 1. The van der Waals surface area contributed by atoms with Gasteiger partial charge in [0.1, 0.15) is 0 Å². The Labute approximate surface area is 95.4 Å². The largest absolute Gasteiger partial charge is 0.324 e. The fraction of sp³-hybridized carbons (Fsp3) is 0.111. The van der Waals surface area contributed by atoms with Gasteiger partial charge < -0.3 is 5.43 Å². The smallest absolute Gasteiger partial charge is 0.0832 e. The number of nitrogens with two attached hydrogens (primary N) is 1. The molecule has 2 rings (SSSR count). The van der Waals surface area contributed by atoms with Gasteiger partial charge >= 0.3 is 0 Å². The van der Waals surface area contributed by atoms with Crippen molar-refractivity contribution >= 4 is 21.6 Å². The van der Waals surface area contributed by atoms with Crippen molar-refractivity contribution in [3.63, 3.8) is 0 Å². The zero-order valence-electron chi connectivity index (χ0n) is 7.89. The molecule has 0 atom stereocenters. The van der Waals surface area contributed by atoms with Gasteiger partial charge in [-0.25, -0.2) is 0 Å². The molecule has 0 aromatic carbocycles. The average Bonchev–Trinajstić information content (AvgIpc) is 2.64. The third-order valence-electron chi connectivity index (χ3n) is 1.91. The first kappa shape index (κ1) is 10.1. The summed E-state index contributed by atoms with van der Waals surface area (Å²) >= 11 is 3.34. The van der Waals surface area contributed by atoms with Crippen molar-refractivity contribution < 1.29 is 0 Å². The Bertz CT molecular complexity index is 453. The monoisotopic (exact) mass is 267 g/mol. The van der Waals surface area contributed by atoms with E-state index in [1.54, 1.807) is 17.1 Å². The van der Waals surface area contributed by atoms with Crippen molar-refractivity contribution in [1.29, 1.82) is 0 Å². The summed E-state index contributed by atoms with van der Waals surface area (Å²) in [6.07, 6.45) is 5.35. The Hall–Kier alpha value is -1.40. The summed E-state index contributed by atoms with van der Waals surface area (Å²) in [5.41, 5.74) is 4.32. The first-order chi connectivity index (χ1) is 7.28. The maximum absolute atomic E-state index is 5.31. The van der Waals surface area contributed by atoms with Crippen LogP contribution in [0.3, 0.4) is 0 Å². The normalized spacial score (nSPS) is 10.3. The van der Waals surface area contributed by atoms with E-state index in [4.69, 9.17) is 5.84 Å². The molecule has 2 heterocycles. The van der Waals surface area contributed by atoms with E-state index in [1.165, 1.54) is 0 Å². The molecule has 0 fully saturated rings. The van der Waals surface area contributed by atoms with Crippen molar-refractivity contribution in [1.82, 2.24) is 14.8 Å². The van der Waals surface area contributed by atoms with E-state index < -0.39 is 0 Å². The molecule has 0 unspecified atom stereocenters. The van der Waals surface area contributed by atoms with E-state index in [2.05, 4.69) is 31.4 Å². The molecular weight excluding hydrogens is 258 g/mol. The van der Waals surface area contributed by atoms with Gasteiger partial charge in [-0.05, 0) is 28.1 Å². The second-order valence-electron chi connectivity index (χ2n) is 3.04. The highest BCUT2D eigenvalue weighted by molar-refractivity contribution is 9.10. The topological polar surface area (TPSA) is 68.8 Å². The lowest BCUT2D eigenvalue weighted by Crippen LogP contribution is -2.08. The molecular formula is C9H10BrN5. The molecule has 0 radical (unpaired) electrons. The van der Waals surface area contributed by atoms with Crippen LogP contribution in [0.15, 0.2) is 35.2 Å². The molecule has 0 aliphatic heterocycles. The number of pyridine rings is 1. The van der Waals surface area contributed by atoms with E-state index in [9.17, 15) is 0 Å². The van der Waals surface area contributed by atoms with Crippen molar-refractivity contribution in [2.45, 2.75) is 6.54 Å². The van der Waals surface area contributed by atoms with Crippen molar-refractivity contribution in [2.75, 3.05) is 5.43 Å². The molecule has 78 valence electrons. The van der Waals surface area contributed by atoms with Crippen molar-refractivity contribution in [2.24, 2.45) is 5.84 Å². The number of halogens is 1. The number of hydrazine groups is 1. The third-order valence-corrected chi connectivity index (χ3v) is 2.32. The average molecular weight is 268 g/mol. The van der Waals surface area contributed by atoms with Gasteiger partial charge in [-0.3, -0.25) is 15.5 Å². The molecule has 3 N–H and O–H groups in total. The Balaban J connectivity index is 2.16. The zero-order chi connectivity index (χ0) is 10.7. The van der Waals surface area contributed by atoms with E-state index >= 15 is 0 Å². The van der Waals surface area contributed by atoms with Crippen LogP contribution in [-0.2, 0) is 6.54 Å². The van der Waals surface area contributed by atoms with Crippen LogP contribution in [0.1, 0.15) is 5.69 Å². The highest BCUT2D eigenvalue weighted by atomic mass is 79.9. The van der Waals surface area contributed by atoms with Gasteiger partial charge in [-0.1, -0.05) is 0 Å². The minimum atomic E-state index is 0.626. The summed E-state index contributed by atoms with van der Waals surface area (Å²) in [4.78, 5) is 4.22. The van der Waals surface area contributed by atoms with Gasteiger partial charge in [-0.15, -0.1) is 0 Å². The van der Waals surface area contributed by atoms with Crippen LogP contribution in [0.25, 0.3) is 0 Å². The Morgan fingerprint density at radius 2 is 2.40 bits per heavy atom. The molecule has 2 aromatic heterocycles. The molecule has 15 heavy (non-hydrogen) atoms. The number of rotatable bonds is 3. The van der Waals surface area contributed by atoms with E-state index in [0.717, 1.165) is 15.9 Å². The number of hydrogen-bond acceptors (Lipinski definition) is 4. The van der Waals surface area contributed by atoms with Gasteiger partial charge in [-0.2, -0.15) is 5.10 Å². The lowest BCUT2D eigenvalue weighted by molar-refractivity contribution is 0.672. The minimum absolute atomic E-state index is 0.626. The summed E-state index contributed by atoms with van der Waals surface area (Å²) in [5, 5.41) is 4.14. The van der Waals surface area contributed by atoms with Gasteiger partial charge in [0.15, 0.2) is 0 Å². The summed E-state index contributed by atoms with van der Waals surface area (Å²) in [7, 11) is 0. The van der Waals surface area contributed by atoms with Crippen LogP contribution >= 0.6 is 15.9 Å². The maximum atomic E-state index is 5.31. The second kappa shape index (κ2) is 4.41. The molecule has 2 aromatic rings. The predicted octanol–water partition coefficient (Wildman–Crippen LogP) is 1.37. The van der Waals surface area contributed by atoms with Crippen LogP contribution in [-0.4, -0.2) is 14.8 Å². The highest BCUT2D eigenvalue weighted by Crippen LogP contribution is 2.10. The highest BCUT2D eigenvalue weighted by Gasteiger charge is 1.99. The number of nitrogens with one attached hydrogen (secondary N) is 1. The molecule has 0 aliphatic carbocycles. The van der Waals surface area contributed by atoms with E-state index in [0.29, 0.717) is 6.54 Å². The van der Waals surface area contributed by atoms with Gasteiger partial charge in [0.25, 0.3) is 0 Å². The molecule has 0 spiro atoms. The van der Waals surface area contributed by atoms with Gasteiger partial charge in [0.05, 0.1) is 28.6 Å². The Morgan fingerprint density at radius 3 is 3.07 bits per heavy atom. The zero-order valence-corrected chi connectivity index (χ0v) is 9.48.